The van der Waals surface area contributed by atoms with E-state index in [0.717, 1.165) is 11.8 Å². The summed E-state index contributed by atoms with van der Waals surface area (Å²) in [5, 5.41) is 6.52. The summed E-state index contributed by atoms with van der Waals surface area (Å²) in [6, 6.07) is 4.50. The predicted octanol–water partition coefficient (Wildman–Crippen LogP) is 0.981. The molecule has 2 aromatic rings. The van der Waals surface area contributed by atoms with E-state index in [-0.39, 0.29) is 11.4 Å². The third kappa shape index (κ3) is 1.81. The van der Waals surface area contributed by atoms with Crippen LogP contribution in [0.1, 0.15) is 0 Å². The summed E-state index contributed by atoms with van der Waals surface area (Å²) in [5.41, 5.74) is 5.30. The maximum atomic E-state index is 13.2. The highest BCUT2D eigenvalue weighted by atomic mass is 32.2. The quantitative estimate of drug-likeness (QED) is 0.767. The number of aromatic amines is 1. The zero-order valence-corrected chi connectivity index (χ0v) is 9.21. The van der Waals surface area contributed by atoms with Crippen molar-refractivity contribution in [3.8, 4) is 0 Å². The van der Waals surface area contributed by atoms with Gasteiger partial charge in [0.25, 0.3) is 0 Å². The van der Waals surface area contributed by atoms with Crippen LogP contribution in [0.5, 0.6) is 0 Å². The molecule has 16 heavy (non-hydrogen) atoms. The van der Waals surface area contributed by atoms with Gasteiger partial charge in [-0.2, -0.15) is 0 Å². The molecule has 0 radical (unpaired) electrons. The molecule has 7 heteroatoms. The number of nitrogen functional groups attached to an aromatic ring is 1. The first-order valence-corrected chi connectivity index (χ1v) is 5.24. The Balaban J connectivity index is 2.38. The van der Waals surface area contributed by atoms with Gasteiger partial charge in [0.1, 0.15) is 5.82 Å². The number of hydrogen-bond donors (Lipinski definition) is 2. The fourth-order valence-electron chi connectivity index (χ4n) is 1.13. The molecule has 0 saturated heterocycles. The van der Waals surface area contributed by atoms with Crippen LogP contribution in [0.4, 0.5) is 10.1 Å². The first kappa shape index (κ1) is 10.7. The Bertz CT molecular complexity index is 577. The smallest absolute Gasteiger partial charge is 0.343 e. The van der Waals surface area contributed by atoms with E-state index in [2.05, 4.69) is 10.2 Å². The van der Waals surface area contributed by atoms with Gasteiger partial charge in [-0.05, 0) is 23.9 Å². The number of rotatable bonds is 2. The molecule has 0 atom stereocenters. The van der Waals surface area contributed by atoms with Crippen LogP contribution < -0.4 is 11.4 Å². The maximum Gasteiger partial charge on any atom is 0.343 e. The number of benzene rings is 1. The van der Waals surface area contributed by atoms with Crippen molar-refractivity contribution < 1.29 is 4.39 Å². The summed E-state index contributed by atoms with van der Waals surface area (Å²) in [6.45, 7) is 0. The van der Waals surface area contributed by atoms with Gasteiger partial charge in [0, 0.05) is 11.9 Å². The molecule has 3 N–H and O–H groups in total. The van der Waals surface area contributed by atoms with Gasteiger partial charge >= 0.3 is 5.69 Å². The summed E-state index contributed by atoms with van der Waals surface area (Å²) in [7, 11) is 1.57. The molecule has 0 saturated carbocycles. The highest BCUT2D eigenvalue weighted by molar-refractivity contribution is 7.99. The van der Waals surface area contributed by atoms with Crippen molar-refractivity contribution in [1.82, 2.24) is 14.8 Å². The lowest BCUT2D eigenvalue weighted by molar-refractivity contribution is 0.629. The lowest BCUT2D eigenvalue weighted by Crippen LogP contribution is -2.12. The van der Waals surface area contributed by atoms with E-state index in [0.29, 0.717) is 10.1 Å². The van der Waals surface area contributed by atoms with Crippen molar-refractivity contribution in [1.29, 1.82) is 0 Å². The minimum Gasteiger partial charge on any atom is -0.395 e. The number of aromatic nitrogens is 3. The second kappa shape index (κ2) is 4.01. The lowest BCUT2D eigenvalue weighted by atomic mass is 10.3. The highest BCUT2D eigenvalue weighted by Gasteiger charge is 2.10. The molecular formula is C9H9FN4OS. The molecule has 0 aliphatic heterocycles. The molecule has 1 aromatic heterocycles. The van der Waals surface area contributed by atoms with Gasteiger partial charge in [0.15, 0.2) is 5.16 Å². The van der Waals surface area contributed by atoms with Crippen LogP contribution in [0, 0.1) is 5.82 Å². The third-order valence-electron chi connectivity index (χ3n) is 2.05. The fraction of sp³-hybridized carbons (Fsp3) is 0.111. The van der Waals surface area contributed by atoms with Gasteiger partial charge in [-0.3, -0.25) is 4.57 Å². The lowest BCUT2D eigenvalue weighted by Gasteiger charge is -2.04. The summed E-state index contributed by atoms with van der Waals surface area (Å²) in [5.74, 6) is -0.481. The van der Waals surface area contributed by atoms with E-state index in [4.69, 9.17) is 5.73 Å². The third-order valence-corrected chi connectivity index (χ3v) is 3.18. The van der Waals surface area contributed by atoms with Crippen molar-refractivity contribution in [2.24, 2.45) is 7.05 Å². The van der Waals surface area contributed by atoms with Crippen LogP contribution in [-0.2, 0) is 7.05 Å². The van der Waals surface area contributed by atoms with E-state index in [9.17, 15) is 9.18 Å². The van der Waals surface area contributed by atoms with Gasteiger partial charge in [0.2, 0.25) is 0 Å². The minimum absolute atomic E-state index is 0.0583. The molecule has 0 spiro atoms. The number of hydrogen-bond acceptors (Lipinski definition) is 4. The molecule has 0 bridgehead atoms. The van der Waals surface area contributed by atoms with Crippen molar-refractivity contribution in [2.45, 2.75) is 10.1 Å². The van der Waals surface area contributed by atoms with Gasteiger partial charge < -0.3 is 5.73 Å². The molecule has 2 rings (SSSR count). The normalized spacial score (nSPS) is 10.6. The van der Waals surface area contributed by atoms with E-state index in [1.54, 1.807) is 19.2 Å². The van der Waals surface area contributed by atoms with Crippen LogP contribution in [0.15, 0.2) is 33.0 Å². The van der Waals surface area contributed by atoms with Crippen molar-refractivity contribution in [3.63, 3.8) is 0 Å². The Morgan fingerprint density at radius 2 is 2.31 bits per heavy atom. The molecule has 1 heterocycles. The molecule has 84 valence electrons. The van der Waals surface area contributed by atoms with E-state index < -0.39 is 5.82 Å². The van der Waals surface area contributed by atoms with Crippen LogP contribution in [0.3, 0.4) is 0 Å². The number of H-pyrrole nitrogens is 1. The second-order valence-electron chi connectivity index (χ2n) is 3.12. The zero-order valence-electron chi connectivity index (χ0n) is 8.40. The van der Waals surface area contributed by atoms with Gasteiger partial charge in [0.05, 0.1) is 5.69 Å². The molecule has 0 fully saturated rings. The number of nitrogens with two attached hydrogens (primary N) is 1. The molecule has 0 aliphatic rings. The molecule has 0 aliphatic carbocycles. The summed E-state index contributed by atoms with van der Waals surface area (Å²) >= 11 is 1.13. The molecule has 1 aromatic carbocycles. The van der Waals surface area contributed by atoms with Crippen molar-refractivity contribution in [2.75, 3.05) is 5.73 Å². The number of para-hydroxylation sites is 1. The predicted molar refractivity (Wildman–Crippen MR) is 58.8 cm³/mol. The van der Waals surface area contributed by atoms with Crippen molar-refractivity contribution in [3.05, 3.63) is 34.5 Å². The molecule has 0 amide bonds. The number of nitrogens with one attached hydrogen (secondary N) is 1. The van der Waals surface area contributed by atoms with E-state index >= 15 is 0 Å². The molecular weight excluding hydrogens is 231 g/mol. The Hall–Kier alpha value is -1.76. The van der Waals surface area contributed by atoms with E-state index in [1.165, 1.54) is 10.6 Å². The number of nitrogens with zero attached hydrogens (tertiary/aromatic N) is 2. The topological polar surface area (TPSA) is 76.7 Å². The average molecular weight is 240 g/mol. The highest BCUT2D eigenvalue weighted by Crippen LogP contribution is 2.30. The Kier molecular flexibility index (Phi) is 2.69. The first-order chi connectivity index (χ1) is 7.59. The standard InChI is InChI=1S/C9H9FN4OS/c1-14-8(15)12-13-9(14)16-6-4-2-3-5(10)7(6)11/h2-4H,11H2,1H3,(H,12,15). The average Bonchev–Trinajstić information content (AvgIpc) is 2.57. The maximum absolute atomic E-state index is 13.2. The minimum atomic E-state index is -0.481. The van der Waals surface area contributed by atoms with Crippen LogP contribution in [0.2, 0.25) is 0 Å². The Morgan fingerprint density at radius 3 is 2.94 bits per heavy atom. The van der Waals surface area contributed by atoms with E-state index in [1.807, 2.05) is 0 Å². The molecule has 5 nitrogen and oxygen atoms in total. The Labute approximate surface area is 94.5 Å². The monoisotopic (exact) mass is 240 g/mol. The number of halogens is 1. The van der Waals surface area contributed by atoms with Gasteiger partial charge in [-0.1, -0.05) is 6.07 Å². The molecule has 0 unspecified atom stereocenters. The van der Waals surface area contributed by atoms with Crippen molar-refractivity contribution >= 4 is 17.4 Å². The fourth-order valence-corrected chi connectivity index (χ4v) is 1.99. The van der Waals surface area contributed by atoms with Crippen LogP contribution in [-0.4, -0.2) is 14.8 Å². The zero-order chi connectivity index (χ0) is 11.7. The number of anilines is 1. The first-order valence-electron chi connectivity index (χ1n) is 4.43. The Morgan fingerprint density at radius 1 is 1.56 bits per heavy atom. The largest absolute Gasteiger partial charge is 0.395 e. The van der Waals surface area contributed by atoms with Gasteiger partial charge in [-0.15, -0.1) is 5.10 Å². The van der Waals surface area contributed by atoms with Crippen LogP contribution >= 0.6 is 11.8 Å². The van der Waals surface area contributed by atoms with Gasteiger partial charge in [-0.25, -0.2) is 14.3 Å². The summed E-state index contributed by atoms with van der Waals surface area (Å²) in [6.07, 6.45) is 0. The van der Waals surface area contributed by atoms with Crippen LogP contribution in [0.25, 0.3) is 0 Å². The summed E-state index contributed by atoms with van der Waals surface area (Å²) in [4.78, 5) is 11.6. The summed E-state index contributed by atoms with van der Waals surface area (Å²) < 4.78 is 14.5. The second-order valence-corrected chi connectivity index (χ2v) is 4.13. The SMILES string of the molecule is Cn1c(Sc2cccc(F)c2N)n[nH]c1=O.